The molecule has 1 N–H and O–H groups in total. The van der Waals surface area contributed by atoms with Crippen LogP contribution in [-0.2, 0) is 0 Å². The highest BCUT2D eigenvalue weighted by Crippen LogP contribution is 2.25. The lowest BCUT2D eigenvalue weighted by molar-refractivity contribution is -0.385. The van der Waals surface area contributed by atoms with Crippen LogP contribution in [0.4, 0.5) is 11.4 Å². The number of anilines is 1. The van der Waals surface area contributed by atoms with Gasteiger partial charge in [-0.2, -0.15) is 0 Å². The molecule has 0 heterocycles. The Hall–Kier alpha value is -2.89. The van der Waals surface area contributed by atoms with E-state index in [4.69, 9.17) is 4.74 Å². The number of hydrogen-bond donors (Lipinski definition) is 1. The fourth-order valence-electron chi connectivity index (χ4n) is 3.02. The molecule has 6 heteroatoms. The van der Waals surface area contributed by atoms with Crippen LogP contribution in [0.3, 0.4) is 0 Å². The minimum Gasteiger partial charge on any atom is -0.490 e. The third-order valence-corrected chi connectivity index (χ3v) is 4.37. The van der Waals surface area contributed by atoms with E-state index in [0.29, 0.717) is 22.9 Å². The number of rotatable bonds is 5. The maximum absolute atomic E-state index is 12.3. The Balaban J connectivity index is 1.64. The van der Waals surface area contributed by atoms with E-state index in [1.807, 2.05) is 12.1 Å². The molecule has 0 bridgehead atoms. The second-order valence-corrected chi connectivity index (χ2v) is 6.26. The zero-order valence-corrected chi connectivity index (χ0v) is 14.0. The molecule has 0 spiro atoms. The number of nitro groups is 1. The maximum Gasteiger partial charge on any atom is 0.272 e. The van der Waals surface area contributed by atoms with E-state index in [-0.39, 0.29) is 11.6 Å². The van der Waals surface area contributed by atoms with Gasteiger partial charge in [0.25, 0.3) is 11.6 Å². The number of benzene rings is 2. The van der Waals surface area contributed by atoms with Gasteiger partial charge in [0.15, 0.2) is 0 Å². The van der Waals surface area contributed by atoms with Crippen LogP contribution in [0.1, 0.15) is 41.6 Å². The van der Waals surface area contributed by atoms with E-state index < -0.39 is 4.92 Å². The van der Waals surface area contributed by atoms with Gasteiger partial charge in [-0.05, 0) is 69.0 Å². The minimum atomic E-state index is -0.458. The molecule has 1 aliphatic carbocycles. The molecule has 0 radical (unpaired) electrons. The van der Waals surface area contributed by atoms with Crippen LogP contribution in [0, 0.1) is 17.0 Å². The number of carbonyl (C=O) groups excluding carboxylic acids is 1. The van der Waals surface area contributed by atoms with Crippen LogP contribution < -0.4 is 10.1 Å². The first-order chi connectivity index (χ1) is 12.0. The summed E-state index contributed by atoms with van der Waals surface area (Å²) in [4.78, 5) is 22.7. The Morgan fingerprint density at radius 2 is 1.84 bits per heavy atom. The first kappa shape index (κ1) is 17.0. The first-order valence-corrected chi connectivity index (χ1v) is 8.36. The van der Waals surface area contributed by atoms with Gasteiger partial charge >= 0.3 is 0 Å². The van der Waals surface area contributed by atoms with Gasteiger partial charge in [-0.25, -0.2) is 0 Å². The van der Waals surface area contributed by atoms with E-state index >= 15 is 0 Å². The number of ether oxygens (including phenoxy) is 1. The Morgan fingerprint density at radius 3 is 2.44 bits per heavy atom. The highest BCUT2D eigenvalue weighted by Gasteiger charge is 2.17. The summed E-state index contributed by atoms with van der Waals surface area (Å²) >= 11 is 0. The van der Waals surface area contributed by atoms with E-state index in [1.165, 1.54) is 31.0 Å². The van der Waals surface area contributed by atoms with Crippen molar-refractivity contribution in [3.8, 4) is 5.75 Å². The third kappa shape index (κ3) is 4.15. The summed E-state index contributed by atoms with van der Waals surface area (Å²) in [6, 6.07) is 11.6. The highest BCUT2D eigenvalue weighted by atomic mass is 16.6. The molecule has 0 unspecified atom stereocenters. The molecular weight excluding hydrogens is 320 g/mol. The topological polar surface area (TPSA) is 81.5 Å². The number of hydrogen-bond acceptors (Lipinski definition) is 4. The van der Waals surface area contributed by atoms with E-state index in [9.17, 15) is 14.9 Å². The molecule has 2 aromatic rings. The van der Waals surface area contributed by atoms with Crippen molar-refractivity contribution in [1.82, 2.24) is 0 Å². The van der Waals surface area contributed by atoms with Gasteiger partial charge in [-0.15, -0.1) is 0 Å². The lowest BCUT2D eigenvalue weighted by atomic mass is 10.1. The molecule has 1 amide bonds. The third-order valence-electron chi connectivity index (χ3n) is 4.37. The predicted molar refractivity (Wildman–Crippen MR) is 95.1 cm³/mol. The summed E-state index contributed by atoms with van der Waals surface area (Å²) < 4.78 is 5.89. The van der Waals surface area contributed by atoms with Crippen LogP contribution in [0.5, 0.6) is 5.75 Å². The normalized spacial score (nSPS) is 14.3. The molecule has 0 aromatic heterocycles. The fraction of sp³-hybridized carbons (Fsp3) is 0.316. The van der Waals surface area contributed by atoms with Gasteiger partial charge in [-0.1, -0.05) is 0 Å². The Labute approximate surface area is 146 Å². The molecular formula is C19H20N2O4. The summed E-state index contributed by atoms with van der Waals surface area (Å²) in [6.45, 7) is 1.62. The number of amides is 1. The smallest absolute Gasteiger partial charge is 0.272 e. The van der Waals surface area contributed by atoms with Crippen molar-refractivity contribution < 1.29 is 14.5 Å². The molecule has 1 saturated carbocycles. The monoisotopic (exact) mass is 340 g/mol. The predicted octanol–water partition coefficient (Wildman–Crippen LogP) is 4.48. The molecule has 3 rings (SSSR count). The Kier molecular flexibility index (Phi) is 4.97. The molecule has 6 nitrogen and oxygen atoms in total. The van der Waals surface area contributed by atoms with Crippen LogP contribution in [0.15, 0.2) is 42.5 Å². The summed E-state index contributed by atoms with van der Waals surface area (Å²) in [7, 11) is 0. The molecule has 0 aliphatic heterocycles. The number of nitrogens with one attached hydrogen (secondary N) is 1. The van der Waals surface area contributed by atoms with Crippen molar-refractivity contribution >= 4 is 17.3 Å². The molecule has 0 atom stereocenters. The van der Waals surface area contributed by atoms with E-state index in [2.05, 4.69) is 5.32 Å². The molecule has 130 valence electrons. The summed E-state index contributed by atoms with van der Waals surface area (Å²) in [5, 5.41) is 13.6. The second-order valence-electron chi connectivity index (χ2n) is 6.26. The van der Waals surface area contributed by atoms with Gasteiger partial charge in [-0.3, -0.25) is 14.9 Å². The van der Waals surface area contributed by atoms with Crippen LogP contribution in [0.25, 0.3) is 0 Å². The number of carbonyl (C=O) groups is 1. The second kappa shape index (κ2) is 7.34. The van der Waals surface area contributed by atoms with Gasteiger partial charge in [0.05, 0.1) is 11.0 Å². The molecule has 2 aromatic carbocycles. The van der Waals surface area contributed by atoms with Crippen LogP contribution in [0.2, 0.25) is 0 Å². The van der Waals surface area contributed by atoms with E-state index in [0.717, 1.165) is 18.6 Å². The first-order valence-electron chi connectivity index (χ1n) is 8.36. The molecule has 1 aliphatic rings. The lowest BCUT2D eigenvalue weighted by Crippen LogP contribution is -2.13. The summed E-state index contributed by atoms with van der Waals surface area (Å²) in [5.41, 5.74) is 1.50. The quantitative estimate of drug-likeness (QED) is 0.643. The van der Waals surface area contributed by atoms with E-state index in [1.54, 1.807) is 19.1 Å². The standard InChI is InChI=1S/C19H20N2O4/c1-13-12-14(6-11-18(13)21(23)24)19(22)20-15-7-9-17(10-8-15)25-16-4-2-3-5-16/h6-12,16H,2-5H2,1H3,(H,20,22). The summed E-state index contributed by atoms with van der Waals surface area (Å²) in [5.74, 6) is 0.499. The van der Waals surface area contributed by atoms with Crippen molar-refractivity contribution in [2.24, 2.45) is 0 Å². The van der Waals surface area contributed by atoms with Crippen molar-refractivity contribution in [3.05, 3.63) is 63.7 Å². The molecule has 25 heavy (non-hydrogen) atoms. The van der Waals surface area contributed by atoms with Gasteiger partial charge < -0.3 is 10.1 Å². The van der Waals surface area contributed by atoms with Crippen molar-refractivity contribution in [2.45, 2.75) is 38.7 Å². The van der Waals surface area contributed by atoms with Gasteiger partial charge in [0, 0.05) is 22.9 Å². The number of nitro benzene ring substituents is 1. The van der Waals surface area contributed by atoms with Crippen LogP contribution in [-0.4, -0.2) is 16.9 Å². The largest absolute Gasteiger partial charge is 0.490 e. The lowest BCUT2D eigenvalue weighted by Gasteiger charge is -2.13. The highest BCUT2D eigenvalue weighted by molar-refractivity contribution is 6.04. The molecule has 0 saturated heterocycles. The van der Waals surface area contributed by atoms with Crippen molar-refractivity contribution in [3.63, 3.8) is 0 Å². The summed E-state index contributed by atoms with van der Waals surface area (Å²) in [6.07, 6.45) is 4.92. The minimum absolute atomic E-state index is 0.00460. The van der Waals surface area contributed by atoms with Gasteiger partial charge in [0.1, 0.15) is 5.75 Å². The zero-order chi connectivity index (χ0) is 17.8. The maximum atomic E-state index is 12.3. The number of aryl methyl sites for hydroxylation is 1. The Bertz CT molecular complexity index is 781. The van der Waals surface area contributed by atoms with Crippen molar-refractivity contribution in [1.29, 1.82) is 0 Å². The molecule has 1 fully saturated rings. The van der Waals surface area contributed by atoms with Gasteiger partial charge in [0.2, 0.25) is 0 Å². The van der Waals surface area contributed by atoms with Crippen molar-refractivity contribution in [2.75, 3.05) is 5.32 Å². The average molecular weight is 340 g/mol. The number of nitrogens with zero attached hydrogens (tertiary/aromatic N) is 1. The van der Waals surface area contributed by atoms with Crippen LogP contribution >= 0.6 is 0 Å². The average Bonchev–Trinajstić information content (AvgIpc) is 3.09. The Morgan fingerprint density at radius 1 is 1.16 bits per heavy atom. The zero-order valence-electron chi connectivity index (χ0n) is 14.0. The fourth-order valence-corrected chi connectivity index (χ4v) is 3.02. The SMILES string of the molecule is Cc1cc(C(=O)Nc2ccc(OC3CCCC3)cc2)ccc1[N+](=O)[O-].